The number of nitrogens with one attached hydrogen (secondary N) is 1. The molecular formula is C32H37ClN2O4. The number of carbonyl (C=O) groups is 2. The van der Waals surface area contributed by atoms with Crippen molar-refractivity contribution in [2.75, 3.05) is 26.9 Å². The van der Waals surface area contributed by atoms with Gasteiger partial charge in [-0.2, -0.15) is 0 Å². The number of methoxy groups -OCH3 is 1. The van der Waals surface area contributed by atoms with E-state index in [1.165, 1.54) is 0 Å². The van der Waals surface area contributed by atoms with Crippen molar-refractivity contribution in [1.29, 1.82) is 0 Å². The van der Waals surface area contributed by atoms with Crippen LogP contribution >= 0.6 is 11.6 Å². The second kappa shape index (κ2) is 14.3. The van der Waals surface area contributed by atoms with Crippen LogP contribution < -0.4 is 5.32 Å². The molecule has 3 unspecified atom stereocenters. The number of aliphatic hydroxyl groups is 1. The van der Waals surface area contributed by atoms with Crippen LogP contribution in [0.25, 0.3) is 0 Å². The van der Waals surface area contributed by atoms with Gasteiger partial charge in [-0.05, 0) is 59.7 Å². The molecular weight excluding hydrogens is 512 g/mol. The second-order valence-electron chi connectivity index (χ2n) is 10.1. The second-order valence-corrected chi connectivity index (χ2v) is 10.6. The summed E-state index contributed by atoms with van der Waals surface area (Å²) in [5.41, 5.74) is 3.63. The van der Waals surface area contributed by atoms with Gasteiger partial charge in [0.05, 0.1) is 19.3 Å². The van der Waals surface area contributed by atoms with Crippen LogP contribution in [0.15, 0.2) is 78.9 Å². The van der Waals surface area contributed by atoms with Gasteiger partial charge < -0.3 is 20.1 Å². The molecule has 0 spiro atoms. The van der Waals surface area contributed by atoms with Gasteiger partial charge in [0.1, 0.15) is 0 Å². The van der Waals surface area contributed by atoms with Gasteiger partial charge in [0.2, 0.25) is 5.91 Å². The van der Waals surface area contributed by atoms with E-state index in [0.29, 0.717) is 30.3 Å². The number of hydrogen-bond donors (Lipinski definition) is 2. The summed E-state index contributed by atoms with van der Waals surface area (Å²) in [7, 11) is 1.62. The predicted molar refractivity (Wildman–Crippen MR) is 154 cm³/mol. The Morgan fingerprint density at radius 3 is 2.36 bits per heavy atom. The summed E-state index contributed by atoms with van der Waals surface area (Å²) in [6, 6.07) is 24.4. The first-order valence-electron chi connectivity index (χ1n) is 13.6. The summed E-state index contributed by atoms with van der Waals surface area (Å²) in [5.74, 6) is -0.116. The number of carbonyl (C=O) groups excluding carboxylic acids is 2. The molecule has 1 fully saturated rings. The molecule has 7 heteroatoms. The zero-order valence-corrected chi connectivity index (χ0v) is 23.1. The predicted octanol–water partition coefficient (Wildman–Crippen LogP) is 5.75. The number of hydrogen-bond acceptors (Lipinski definition) is 4. The van der Waals surface area contributed by atoms with Crippen LogP contribution in [0, 0.1) is 5.92 Å². The molecule has 0 radical (unpaired) electrons. The van der Waals surface area contributed by atoms with Gasteiger partial charge >= 0.3 is 0 Å². The highest BCUT2D eigenvalue weighted by molar-refractivity contribution is 6.30. The largest absolute Gasteiger partial charge is 0.394 e. The smallest absolute Gasteiger partial charge is 0.254 e. The molecule has 1 aliphatic rings. The molecule has 0 aromatic heterocycles. The number of rotatable bonds is 11. The normalized spacial score (nSPS) is 17.8. The lowest BCUT2D eigenvalue weighted by molar-refractivity contribution is -0.127. The Kier molecular flexibility index (Phi) is 10.5. The van der Waals surface area contributed by atoms with Gasteiger partial charge in [-0.3, -0.25) is 9.59 Å². The fraction of sp³-hybridized carbons (Fsp3) is 0.375. The third-order valence-corrected chi connectivity index (χ3v) is 7.78. The highest BCUT2D eigenvalue weighted by Crippen LogP contribution is 2.38. The maximum absolute atomic E-state index is 13.4. The van der Waals surface area contributed by atoms with Crippen LogP contribution in [0.5, 0.6) is 0 Å². The molecule has 39 heavy (non-hydrogen) atoms. The minimum absolute atomic E-state index is 0.00835. The van der Waals surface area contributed by atoms with Gasteiger partial charge in [-0.25, -0.2) is 0 Å². The molecule has 2 N–H and O–H groups in total. The van der Waals surface area contributed by atoms with Crippen LogP contribution in [0.2, 0.25) is 5.02 Å². The lowest BCUT2D eigenvalue weighted by Gasteiger charge is -2.32. The van der Waals surface area contributed by atoms with Crippen LogP contribution in [0.4, 0.5) is 0 Å². The molecule has 1 saturated carbocycles. The molecule has 2 amide bonds. The quantitative estimate of drug-likeness (QED) is 0.320. The van der Waals surface area contributed by atoms with E-state index in [1.807, 2.05) is 42.5 Å². The Morgan fingerprint density at radius 2 is 1.69 bits per heavy atom. The monoisotopic (exact) mass is 548 g/mol. The molecule has 0 aliphatic heterocycles. The van der Waals surface area contributed by atoms with E-state index in [1.54, 1.807) is 36.3 Å². The molecule has 0 bridgehead atoms. The summed E-state index contributed by atoms with van der Waals surface area (Å²) < 4.78 is 5.24. The standard InChI is InChI=1S/C32H37ClN2O4/c1-39-20-19-35(32(38)26-15-17-27(33)18-16-26)21-23-11-13-24(14-12-23)28-9-5-6-10-29(28)31(37)34-30(22-36)25-7-3-2-4-8-25/h2-4,7-8,11-18,28-30,36H,5-6,9-10,19-22H2,1H3,(H,34,37). The Hall–Kier alpha value is -3.19. The van der Waals surface area contributed by atoms with E-state index in [0.717, 1.165) is 42.4 Å². The Labute approximate surface area is 235 Å². The first kappa shape index (κ1) is 28.8. The minimum atomic E-state index is -0.417. The molecule has 3 atom stereocenters. The molecule has 6 nitrogen and oxygen atoms in total. The summed E-state index contributed by atoms with van der Waals surface area (Å²) in [6.07, 6.45) is 3.87. The van der Waals surface area contributed by atoms with Gasteiger partial charge in [0, 0.05) is 36.7 Å². The Bertz CT molecular complexity index is 1200. The third kappa shape index (κ3) is 7.69. The average Bonchev–Trinajstić information content (AvgIpc) is 2.98. The number of benzene rings is 3. The maximum atomic E-state index is 13.4. The van der Waals surface area contributed by atoms with E-state index < -0.39 is 6.04 Å². The van der Waals surface area contributed by atoms with Crippen LogP contribution in [-0.2, 0) is 16.1 Å². The SMILES string of the molecule is COCCN(Cc1ccc(C2CCCCC2C(=O)NC(CO)c2ccccc2)cc1)C(=O)c1ccc(Cl)cc1. The Morgan fingerprint density at radius 1 is 1.00 bits per heavy atom. The summed E-state index contributed by atoms with van der Waals surface area (Å²) in [6.45, 7) is 1.22. The molecule has 1 aliphatic carbocycles. The molecule has 3 aromatic carbocycles. The molecule has 0 heterocycles. The van der Waals surface area contributed by atoms with E-state index in [2.05, 4.69) is 17.4 Å². The van der Waals surface area contributed by atoms with Gasteiger partial charge in [0.25, 0.3) is 5.91 Å². The highest BCUT2D eigenvalue weighted by atomic mass is 35.5. The Balaban J connectivity index is 1.45. The number of nitrogens with zero attached hydrogens (tertiary/aromatic N) is 1. The topological polar surface area (TPSA) is 78.9 Å². The zero-order valence-electron chi connectivity index (χ0n) is 22.4. The van der Waals surface area contributed by atoms with Gasteiger partial charge in [0.15, 0.2) is 0 Å². The van der Waals surface area contributed by atoms with E-state index >= 15 is 0 Å². The van der Waals surface area contributed by atoms with Crippen molar-refractivity contribution < 1.29 is 19.4 Å². The zero-order chi connectivity index (χ0) is 27.6. The first-order chi connectivity index (χ1) is 19.0. The van der Waals surface area contributed by atoms with Crippen LogP contribution in [-0.4, -0.2) is 48.7 Å². The fourth-order valence-electron chi connectivity index (χ4n) is 5.36. The summed E-state index contributed by atoms with van der Waals surface area (Å²) in [4.78, 5) is 28.3. The van der Waals surface area contributed by atoms with E-state index in [4.69, 9.17) is 16.3 Å². The number of ether oxygens (including phenoxy) is 1. The third-order valence-electron chi connectivity index (χ3n) is 7.53. The first-order valence-corrected chi connectivity index (χ1v) is 14.0. The number of aliphatic hydroxyl groups excluding tert-OH is 1. The van der Waals surface area contributed by atoms with Crippen LogP contribution in [0.3, 0.4) is 0 Å². The van der Waals surface area contributed by atoms with E-state index in [9.17, 15) is 14.7 Å². The van der Waals surface area contributed by atoms with Crippen molar-refractivity contribution in [3.63, 3.8) is 0 Å². The highest BCUT2D eigenvalue weighted by Gasteiger charge is 2.33. The van der Waals surface area contributed by atoms with Gasteiger partial charge in [-0.15, -0.1) is 0 Å². The molecule has 0 saturated heterocycles. The number of amides is 2. The molecule has 3 aromatic rings. The van der Waals surface area contributed by atoms with Crippen molar-refractivity contribution in [3.8, 4) is 0 Å². The summed E-state index contributed by atoms with van der Waals surface area (Å²) >= 11 is 6.00. The summed E-state index contributed by atoms with van der Waals surface area (Å²) in [5, 5.41) is 13.6. The maximum Gasteiger partial charge on any atom is 0.254 e. The van der Waals surface area contributed by atoms with E-state index in [-0.39, 0.29) is 30.3 Å². The number of halogens is 1. The fourth-order valence-corrected chi connectivity index (χ4v) is 5.49. The lowest BCUT2D eigenvalue weighted by atomic mass is 9.74. The minimum Gasteiger partial charge on any atom is -0.394 e. The van der Waals surface area contributed by atoms with Crippen molar-refractivity contribution in [2.24, 2.45) is 5.92 Å². The lowest BCUT2D eigenvalue weighted by Crippen LogP contribution is -2.39. The molecule has 4 rings (SSSR count). The van der Waals surface area contributed by atoms with Crippen molar-refractivity contribution in [2.45, 2.75) is 44.2 Å². The van der Waals surface area contributed by atoms with Crippen molar-refractivity contribution in [3.05, 3.63) is 106 Å². The van der Waals surface area contributed by atoms with Crippen LogP contribution in [0.1, 0.15) is 64.7 Å². The molecule has 206 valence electrons. The average molecular weight is 549 g/mol. The van der Waals surface area contributed by atoms with Crippen molar-refractivity contribution >= 4 is 23.4 Å². The van der Waals surface area contributed by atoms with Crippen molar-refractivity contribution in [1.82, 2.24) is 10.2 Å². The van der Waals surface area contributed by atoms with Gasteiger partial charge in [-0.1, -0.05) is 79.0 Å².